The average molecular weight is 522 g/mol. The minimum absolute atomic E-state index is 0.166. The minimum atomic E-state index is -4.52. The molecule has 2 aromatic carbocycles. The lowest BCUT2D eigenvalue weighted by Gasteiger charge is -2.34. The van der Waals surface area contributed by atoms with Crippen molar-refractivity contribution in [2.75, 3.05) is 44.6 Å². The number of nitrogens with one attached hydrogen (secondary N) is 2. The molecule has 1 aliphatic rings. The van der Waals surface area contributed by atoms with Gasteiger partial charge in [-0.1, -0.05) is 18.2 Å². The fourth-order valence-electron chi connectivity index (χ4n) is 4.06. The molecule has 1 saturated heterocycles. The van der Waals surface area contributed by atoms with Crippen molar-refractivity contribution in [3.63, 3.8) is 0 Å². The van der Waals surface area contributed by atoms with Crippen LogP contribution < -0.4 is 10.6 Å². The number of para-hydroxylation sites is 1. The number of sulfonamides is 1. The van der Waals surface area contributed by atoms with Gasteiger partial charge in [-0.05, 0) is 43.3 Å². The lowest BCUT2D eigenvalue weighted by atomic mass is 10.1. The SMILES string of the molecule is Cc1cc(NC(=O)NCCN2CCN(S(=O)(=O)c3ccc(C(F)(F)F)cc3)CC2)c2ccccc2n1. The summed E-state index contributed by atoms with van der Waals surface area (Å²) in [6, 6.07) is 12.5. The van der Waals surface area contributed by atoms with E-state index in [2.05, 4.69) is 15.6 Å². The van der Waals surface area contributed by atoms with Crippen LogP contribution in [0.4, 0.5) is 23.7 Å². The fourth-order valence-corrected chi connectivity index (χ4v) is 5.49. The Balaban J connectivity index is 1.26. The molecule has 0 radical (unpaired) electrons. The summed E-state index contributed by atoms with van der Waals surface area (Å²) >= 11 is 0. The van der Waals surface area contributed by atoms with Gasteiger partial charge in [0.25, 0.3) is 0 Å². The Morgan fingerprint density at radius 2 is 1.69 bits per heavy atom. The van der Waals surface area contributed by atoms with E-state index in [9.17, 15) is 26.4 Å². The molecule has 3 aromatic rings. The first-order valence-electron chi connectivity index (χ1n) is 11.3. The second-order valence-corrected chi connectivity index (χ2v) is 10.4. The van der Waals surface area contributed by atoms with E-state index in [0.717, 1.165) is 40.9 Å². The second-order valence-electron chi connectivity index (χ2n) is 8.48. The molecule has 2 heterocycles. The number of fused-ring (bicyclic) bond motifs is 1. The van der Waals surface area contributed by atoms with E-state index in [1.165, 1.54) is 4.31 Å². The predicted octanol–water partition coefficient (Wildman–Crippen LogP) is 3.69. The molecule has 4 rings (SSSR count). The quantitative estimate of drug-likeness (QED) is 0.516. The number of aryl methyl sites for hydroxylation is 1. The predicted molar refractivity (Wildman–Crippen MR) is 130 cm³/mol. The molecule has 0 bridgehead atoms. The number of urea groups is 1. The molecule has 12 heteroatoms. The maximum atomic E-state index is 12.8. The van der Waals surface area contributed by atoms with Gasteiger partial charge in [0.05, 0.1) is 21.7 Å². The van der Waals surface area contributed by atoms with Crippen molar-refractivity contribution in [2.24, 2.45) is 0 Å². The largest absolute Gasteiger partial charge is 0.416 e. The van der Waals surface area contributed by atoms with Crippen LogP contribution in [0, 0.1) is 6.92 Å². The number of anilines is 1. The van der Waals surface area contributed by atoms with E-state index in [1.54, 1.807) is 6.07 Å². The Kier molecular flexibility index (Phi) is 7.48. The molecule has 8 nitrogen and oxygen atoms in total. The van der Waals surface area contributed by atoms with Gasteiger partial charge in [0.2, 0.25) is 10.0 Å². The molecule has 2 amide bonds. The molecule has 1 fully saturated rings. The zero-order valence-corrected chi connectivity index (χ0v) is 20.4. The Hall–Kier alpha value is -3.22. The zero-order chi connectivity index (χ0) is 25.9. The summed E-state index contributed by atoms with van der Waals surface area (Å²) in [5, 5.41) is 6.50. The number of alkyl halides is 3. The van der Waals surface area contributed by atoms with Crippen molar-refractivity contribution >= 4 is 32.6 Å². The third-order valence-electron chi connectivity index (χ3n) is 5.96. The van der Waals surface area contributed by atoms with Gasteiger partial charge < -0.3 is 10.6 Å². The highest BCUT2D eigenvalue weighted by atomic mass is 32.2. The van der Waals surface area contributed by atoms with Crippen LogP contribution in [-0.2, 0) is 16.2 Å². The normalized spacial score (nSPS) is 15.7. The van der Waals surface area contributed by atoms with Crippen molar-refractivity contribution in [2.45, 2.75) is 18.0 Å². The van der Waals surface area contributed by atoms with E-state index < -0.39 is 21.8 Å². The van der Waals surface area contributed by atoms with Crippen molar-refractivity contribution in [3.8, 4) is 0 Å². The van der Waals surface area contributed by atoms with E-state index in [4.69, 9.17) is 0 Å². The van der Waals surface area contributed by atoms with E-state index in [-0.39, 0.29) is 24.0 Å². The maximum Gasteiger partial charge on any atom is 0.416 e. The van der Waals surface area contributed by atoms with Gasteiger partial charge >= 0.3 is 12.2 Å². The number of hydrogen-bond donors (Lipinski definition) is 2. The van der Waals surface area contributed by atoms with Crippen LogP contribution in [0.25, 0.3) is 10.9 Å². The highest BCUT2D eigenvalue weighted by Gasteiger charge is 2.32. The first-order chi connectivity index (χ1) is 17.0. The summed E-state index contributed by atoms with van der Waals surface area (Å²) in [5.41, 5.74) is 1.35. The number of benzene rings is 2. The molecule has 1 aromatic heterocycles. The number of rotatable bonds is 6. The molecule has 1 aliphatic heterocycles. The lowest BCUT2D eigenvalue weighted by molar-refractivity contribution is -0.137. The van der Waals surface area contributed by atoms with Crippen LogP contribution >= 0.6 is 0 Å². The molecule has 192 valence electrons. The first-order valence-corrected chi connectivity index (χ1v) is 12.8. The van der Waals surface area contributed by atoms with Crippen LogP contribution in [0.2, 0.25) is 0 Å². The number of amides is 2. The average Bonchev–Trinajstić information content (AvgIpc) is 2.84. The second kappa shape index (κ2) is 10.4. The topological polar surface area (TPSA) is 94.6 Å². The van der Waals surface area contributed by atoms with Crippen LogP contribution in [-0.4, -0.2) is 67.9 Å². The molecular weight excluding hydrogens is 495 g/mol. The molecule has 36 heavy (non-hydrogen) atoms. The third kappa shape index (κ3) is 5.94. The summed E-state index contributed by atoms with van der Waals surface area (Å²) in [7, 11) is -3.88. The van der Waals surface area contributed by atoms with Gasteiger partial charge in [0.15, 0.2) is 0 Å². The number of carbonyl (C=O) groups is 1. The number of pyridine rings is 1. The van der Waals surface area contributed by atoms with Gasteiger partial charge in [-0.2, -0.15) is 17.5 Å². The van der Waals surface area contributed by atoms with E-state index >= 15 is 0 Å². The van der Waals surface area contributed by atoms with Crippen LogP contribution in [0.1, 0.15) is 11.3 Å². The summed E-state index contributed by atoms with van der Waals surface area (Å²) < 4.78 is 65.1. The molecule has 0 unspecified atom stereocenters. The summed E-state index contributed by atoms with van der Waals surface area (Å²) in [6.07, 6.45) is -4.52. The number of nitrogens with zero attached hydrogens (tertiary/aromatic N) is 3. The highest BCUT2D eigenvalue weighted by molar-refractivity contribution is 7.89. The monoisotopic (exact) mass is 521 g/mol. The molecule has 2 N–H and O–H groups in total. The van der Waals surface area contributed by atoms with E-state index in [0.29, 0.717) is 31.9 Å². The maximum absolute atomic E-state index is 12.8. The molecule has 0 spiro atoms. The van der Waals surface area contributed by atoms with E-state index in [1.807, 2.05) is 36.1 Å². The lowest BCUT2D eigenvalue weighted by Crippen LogP contribution is -2.50. The Morgan fingerprint density at radius 3 is 2.36 bits per heavy atom. The van der Waals surface area contributed by atoms with Crippen molar-refractivity contribution in [1.82, 2.24) is 19.5 Å². The number of aromatic nitrogens is 1. The molecular formula is C24H26F3N5O3S. The minimum Gasteiger partial charge on any atom is -0.337 e. The highest BCUT2D eigenvalue weighted by Crippen LogP contribution is 2.30. The van der Waals surface area contributed by atoms with Gasteiger partial charge in [0, 0.05) is 50.3 Å². The smallest absolute Gasteiger partial charge is 0.337 e. The summed E-state index contributed by atoms with van der Waals surface area (Å²) in [5.74, 6) is 0. The van der Waals surface area contributed by atoms with Gasteiger partial charge in [-0.15, -0.1) is 0 Å². The number of piperazine rings is 1. The number of hydrogen-bond acceptors (Lipinski definition) is 5. The molecule has 0 atom stereocenters. The van der Waals surface area contributed by atoms with Crippen LogP contribution in [0.5, 0.6) is 0 Å². The van der Waals surface area contributed by atoms with Gasteiger partial charge in [-0.25, -0.2) is 13.2 Å². The fraction of sp³-hybridized carbons (Fsp3) is 0.333. The number of carbonyl (C=O) groups excluding carboxylic acids is 1. The standard InChI is InChI=1S/C24H26F3N5O3S/c1-17-16-22(20-4-2-3-5-21(20)29-17)30-23(33)28-10-11-31-12-14-32(15-13-31)36(34,35)19-8-6-18(7-9-19)24(25,26)27/h2-9,16H,10-15H2,1H3,(H2,28,29,30,33). The Labute approximate surface area is 207 Å². The summed E-state index contributed by atoms with van der Waals surface area (Å²) in [6.45, 7) is 4.04. The van der Waals surface area contributed by atoms with Crippen molar-refractivity contribution in [3.05, 3.63) is 65.9 Å². The van der Waals surface area contributed by atoms with Crippen molar-refractivity contribution < 1.29 is 26.4 Å². The van der Waals surface area contributed by atoms with Crippen LogP contribution in [0.3, 0.4) is 0 Å². The molecule has 0 aliphatic carbocycles. The first kappa shape index (κ1) is 25.9. The van der Waals surface area contributed by atoms with Gasteiger partial charge in [-0.3, -0.25) is 9.88 Å². The van der Waals surface area contributed by atoms with Crippen molar-refractivity contribution in [1.29, 1.82) is 0 Å². The molecule has 0 saturated carbocycles. The van der Waals surface area contributed by atoms with Gasteiger partial charge in [0.1, 0.15) is 0 Å². The number of halogens is 3. The van der Waals surface area contributed by atoms with Crippen LogP contribution in [0.15, 0.2) is 59.5 Å². The Bertz CT molecular complexity index is 1340. The Morgan fingerprint density at radius 1 is 1.03 bits per heavy atom. The summed E-state index contributed by atoms with van der Waals surface area (Å²) in [4.78, 5) is 18.7. The zero-order valence-electron chi connectivity index (χ0n) is 19.5. The third-order valence-corrected chi connectivity index (χ3v) is 7.87.